The Morgan fingerprint density at radius 2 is 2.00 bits per heavy atom. The van der Waals surface area contributed by atoms with E-state index in [1.54, 1.807) is 11.3 Å². The minimum Gasteiger partial charge on any atom is -0.320 e. The summed E-state index contributed by atoms with van der Waals surface area (Å²) in [5.74, 6) is 0. The van der Waals surface area contributed by atoms with E-state index >= 15 is 0 Å². The third kappa shape index (κ3) is 2.58. The van der Waals surface area contributed by atoms with Crippen molar-refractivity contribution >= 4 is 38.9 Å². The molecule has 0 aliphatic rings. The maximum Gasteiger partial charge on any atom is 0.0660 e. The van der Waals surface area contributed by atoms with Crippen LogP contribution in [-0.4, -0.2) is 0 Å². The van der Waals surface area contributed by atoms with Crippen LogP contribution in [0, 0.1) is 13.8 Å². The van der Waals surface area contributed by atoms with Gasteiger partial charge in [0.2, 0.25) is 0 Å². The molecule has 0 radical (unpaired) electrons. The van der Waals surface area contributed by atoms with Crippen molar-refractivity contribution in [1.29, 1.82) is 0 Å². The van der Waals surface area contributed by atoms with E-state index < -0.39 is 0 Å². The van der Waals surface area contributed by atoms with Gasteiger partial charge in [-0.15, -0.1) is 11.3 Å². The second-order valence-corrected chi connectivity index (χ2v) is 6.28. The molecule has 1 nitrogen and oxygen atoms in total. The molecule has 0 spiro atoms. The summed E-state index contributed by atoms with van der Waals surface area (Å²) in [5, 5.41) is 2.83. The Balaban J connectivity index is 2.48. The molecule has 1 aromatic heterocycles. The third-order valence-corrected chi connectivity index (χ3v) is 5.17. The van der Waals surface area contributed by atoms with Gasteiger partial charge in [-0.05, 0) is 64.0 Å². The predicted molar refractivity (Wildman–Crippen MR) is 79.0 cm³/mol. The summed E-state index contributed by atoms with van der Waals surface area (Å²) >= 11 is 11.3. The quantitative estimate of drug-likeness (QED) is 0.838. The number of thiophene rings is 1. The molecule has 0 saturated heterocycles. The predicted octanol–water partition coefficient (Wildman–Crippen LogP) is 4.83. The normalized spacial score (nSPS) is 12.8. The highest BCUT2D eigenvalue weighted by Gasteiger charge is 2.16. The largest absolute Gasteiger partial charge is 0.320 e. The van der Waals surface area contributed by atoms with Crippen molar-refractivity contribution in [1.82, 2.24) is 0 Å². The van der Waals surface area contributed by atoms with Crippen LogP contribution in [0.2, 0.25) is 5.02 Å². The fourth-order valence-corrected chi connectivity index (χ4v) is 3.66. The lowest BCUT2D eigenvalue weighted by Crippen LogP contribution is -2.12. The molecular formula is C13H13BrClNS. The molecule has 90 valence electrons. The Hall–Kier alpha value is -0.350. The number of benzene rings is 1. The average Bonchev–Trinajstić information content (AvgIpc) is 2.69. The monoisotopic (exact) mass is 329 g/mol. The first-order chi connectivity index (χ1) is 8.00. The topological polar surface area (TPSA) is 26.0 Å². The fraction of sp³-hybridized carbons (Fsp3) is 0.231. The molecule has 0 fully saturated rings. The van der Waals surface area contributed by atoms with Crippen LogP contribution >= 0.6 is 38.9 Å². The zero-order valence-corrected chi connectivity index (χ0v) is 12.8. The number of halogens is 2. The number of hydrogen-bond donors (Lipinski definition) is 1. The summed E-state index contributed by atoms with van der Waals surface area (Å²) in [7, 11) is 0. The van der Waals surface area contributed by atoms with E-state index in [-0.39, 0.29) is 6.04 Å². The van der Waals surface area contributed by atoms with Gasteiger partial charge < -0.3 is 5.73 Å². The summed E-state index contributed by atoms with van der Waals surface area (Å²) in [4.78, 5) is 1.15. The maximum absolute atomic E-state index is 6.32. The van der Waals surface area contributed by atoms with Crippen molar-refractivity contribution < 1.29 is 0 Å². The molecule has 0 aliphatic heterocycles. The lowest BCUT2D eigenvalue weighted by atomic mass is 9.98. The van der Waals surface area contributed by atoms with E-state index in [0.29, 0.717) is 0 Å². The number of aryl methyl sites for hydroxylation is 2. The molecule has 2 N–H and O–H groups in total. The third-order valence-electron chi connectivity index (χ3n) is 2.81. The highest BCUT2D eigenvalue weighted by atomic mass is 79.9. The van der Waals surface area contributed by atoms with Crippen molar-refractivity contribution in [3.05, 3.63) is 54.6 Å². The van der Waals surface area contributed by atoms with Gasteiger partial charge >= 0.3 is 0 Å². The van der Waals surface area contributed by atoms with Crippen LogP contribution in [-0.2, 0) is 0 Å². The molecule has 1 aromatic carbocycles. The number of rotatable bonds is 2. The molecule has 2 rings (SSSR count). The maximum atomic E-state index is 6.32. The lowest BCUT2D eigenvalue weighted by Gasteiger charge is -2.15. The van der Waals surface area contributed by atoms with Crippen LogP contribution < -0.4 is 5.73 Å². The van der Waals surface area contributed by atoms with Crippen molar-refractivity contribution in [2.75, 3.05) is 0 Å². The molecule has 1 heterocycles. The average molecular weight is 331 g/mol. The van der Waals surface area contributed by atoms with E-state index in [4.69, 9.17) is 17.3 Å². The molecular weight excluding hydrogens is 318 g/mol. The number of hydrogen-bond acceptors (Lipinski definition) is 2. The van der Waals surface area contributed by atoms with Crippen LogP contribution in [0.1, 0.15) is 27.6 Å². The zero-order chi connectivity index (χ0) is 12.6. The molecule has 0 amide bonds. The summed E-state index contributed by atoms with van der Waals surface area (Å²) < 4.78 is 1.07. The van der Waals surface area contributed by atoms with Crippen LogP contribution in [0.15, 0.2) is 28.1 Å². The summed E-state index contributed by atoms with van der Waals surface area (Å²) in [6.07, 6.45) is 0. The van der Waals surface area contributed by atoms with Gasteiger partial charge in [-0.3, -0.25) is 0 Å². The molecule has 1 unspecified atom stereocenters. The summed E-state index contributed by atoms with van der Waals surface area (Å²) in [5.41, 5.74) is 9.65. The summed E-state index contributed by atoms with van der Waals surface area (Å²) in [6, 6.07) is 5.99. The Labute approximate surface area is 119 Å². The minimum absolute atomic E-state index is 0.0969. The first kappa shape index (κ1) is 13.1. The molecule has 1 atom stereocenters. The van der Waals surface area contributed by atoms with E-state index in [0.717, 1.165) is 31.1 Å². The van der Waals surface area contributed by atoms with Gasteiger partial charge in [0.25, 0.3) is 0 Å². The standard InChI is InChI=1S/C13H13BrClNS/c1-7-6-11(15)8(2)5-9(7)12(16)13-10(14)3-4-17-13/h3-6,12H,16H2,1-2H3. The molecule has 17 heavy (non-hydrogen) atoms. The fourth-order valence-electron chi connectivity index (χ4n) is 1.81. The summed E-state index contributed by atoms with van der Waals surface area (Å²) in [6.45, 7) is 4.05. The number of nitrogens with two attached hydrogens (primary N) is 1. The Bertz CT molecular complexity index is 550. The van der Waals surface area contributed by atoms with Crippen LogP contribution in [0.3, 0.4) is 0 Å². The van der Waals surface area contributed by atoms with E-state index in [1.807, 2.05) is 31.4 Å². The molecule has 4 heteroatoms. The van der Waals surface area contributed by atoms with E-state index in [1.165, 1.54) is 0 Å². The molecule has 0 saturated carbocycles. The molecule has 0 bridgehead atoms. The van der Waals surface area contributed by atoms with Gasteiger partial charge in [-0.2, -0.15) is 0 Å². The Morgan fingerprint density at radius 3 is 2.59 bits per heavy atom. The van der Waals surface area contributed by atoms with Gasteiger partial charge in [0.15, 0.2) is 0 Å². The van der Waals surface area contributed by atoms with Crippen LogP contribution in [0.4, 0.5) is 0 Å². The smallest absolute Gasteiger partial charge is 0.0660 e. The van der Waals surface area contributed by atoms with E-state index in [9.17, 15) is 0 Å². The van der Waals surface area contributed by atoms with Crippen molar-refractivity contribution in [2.45, 2.75) is 19.9 Å². The van der Waals surface area contributed by atoms with E-state index in [2.05, 4.69) is 22.0 Å². The minimum atomic E-state index is -0.0969. The Kier molecular flexibility index (Phi) is 3.93. The van der Waals surface area contributed by atoms with Gasteiger partial charge in [-0.25, -0.2) is 0 Å². The highest BCUT2D eigenvalue weighted by Crippen LogP contribution is 2.34. The van der Waals surface area contributed by atoms with Gasteiger partial charge in [0.05, 0.1) is 6.04 Å². The lowest BCUT2D eigenvalue weighted by molar-refractivity contribution is 0.876. The SMILES string of the molecule is Cc1cc(C(N)c2sccc2Br)c(C)cc1Cl. The first-order valence-electron chi connectivity index (χ1n) is 5.26. The van der Waals surface area contributed by atoms with Crippen molar-refractivity contribution in [2.24, 2.45) is 5.73 Å². The first-order valence-corrected chi connectivity index (χ1v) is 7.31. The second kappa shape index (κ2) is 5.11. The van der Waals surface area contributed by atoms with Gasteiger partial charge in [0.1, 0.15) is 0 Å². The van der Waals surface area contributed by atoms with Gasteiger partial charge in [-0.1, -0.05) is 17.7 Å². The molecule has 0 aliphatic carbocycles. The zero-order valence-electron chi connectivity index (χ0n) is 9.63. The van der Waals surface area contributed by atoms with Gasteiger partial charge in [0, 0.05) is 14.4 Å². The van der Waals surface area contributed by atoms with Crippen molar-refractivity contribution in [3.63, 3.8) is 0 Å². The highest BCUT2D eigenvalue weighted by molar-refractivity contribution is 9.10. The van der Waals surface area contributed by atoms with Crippen LogP contribution in [0.5, 0.6) is 0 Å². The Morgan fingerprint density at radius 1 is 1.29 bits per heavy atom. The van der Waals surface area contributed by atoms with Crippen molar-refractivity contribution in [3.8, 4) is 0 Å². The molecule has 2 aromatic rings. The second-order valence-electron chi connectivity index (χ2n) is 4.07. The van der Waals surface area contributed by atoms with Crippen LogP contribution in [0.25, 0.3) is 0 Å².